The molecule has 2 nitrogen and oxygen atoms in total. The number of halogens is 4. The van der Waals surface area contributed by atoms with E-state index in [-0.39, 0.29) is 12.0 Å². The van der Waals surface area contributed by atoms with E-state index >= 15 is 0 Å². The maximum atomic E-state index is 12.7. The van der Waals surface area contributed by atoms with Gasteiger partial charge in [0.2, 0.25) is 3.79 Å². The fraction of sp³-hybridized carbons (Fsp3) is 0.381. The number of rotatable bonds is 5. The van der Waals surface area contributed by atoms with Crippen molar-refractivity contribution in [3.63, 3.8) is 0 Å². The lowest BCUT2D eigenvalue weighted by Crippen LogP contribution is -2.23. The Hall–Kier alpha value is -0.740. The molecule has 0 spiro atoms. The molecule has 0 aliphatic carbocycles. The number of carbonyl (C=O) groups is 1. The monoisotopic (exact) mass is 490 g/mol. The van der Waals surface area contributed by atoms with Gasteiger partial charge >= 0.3 is 5.97 Å². The van der Waals surface area contributed by atoms with E-state index in [0.717, 1.165) is 15.6 Å². The van der Waals surface area contributed by atoms with E-state index in [0.29, 0.717) is 6.42 Å². The van der Waals surface area contributed by atoms with Gasteiger partial charge in [0.1, 0.15) is 6.61 Å². The highest BCUT2D eigenvalue weighted by Crippen LogP contribution is 2.30. The Labute approximate surface area is 184 Å². The van der Waals surface area contributed by atoms with Gasteiger partial charge in [-0.05, 0) is 40.7 Å². The summed E-state index contributed by atoms with van der Waals surface area (Å²) in [6.07, 6.45) is 0.505. The van der Waals surface area contributed by atoms with E-state index in [2.05, 4.69) is 61.0 Å². The number of carbonyl (C=O) groups excluding carboxylic acids is 1. The van der Waals surface area contributed by atoms with Gasteiger partial charge in [0.05, 0.1) is 5.92 Å². The molecule has 0 aliphatic heterocycles. The van der Waals surface area contributed by atoms with Gasteiger partial charge in [-0.25, -0.2) is 0 Å². The van der Waals surface area contributed by atoms with Crippen LogP contribution in [0.15, 0.2) is 53.0 Å². The van der Waals surface area contributed by atoms with Crippen molar-refractivity contribution >= 4 is 56.7 Å². The molecule has 2 aromatic carbocycles. The normalized spacial score (nSPS) is 13.3. The van der Waals surface area contributed by atoms with Crippen molar-refractivity contribution in [3.05, 3.63) is 69.7 Å². The van der Waals surface area contributed by atoms with Gasteiger partial charge in [-0.1, -0.05) is 108 Å². The van der Waals surface area contributed by atoms with Crippen LogP contribution in [-0.2, 0) is 21.4 Å². The predicted octanol–water partition coefficient (Wildman–Crippen LogP) is 6.99. The van der Waals surface area contributed by atoms with E-state index in [9.17, 15) is 4.79 Å². The van der Waals surface area contributed by atoms with Crippen molar-refractivity contribution in [2.24, 2.45) is 0 Å². The summed E-state index contributed by atoms with van der Waals surface area (Å²) in [5.41, 5.74) is 3.21. The van der Waals surface area contributed by atoms with Gasteiger partial charge in [-0.3, -0.25) is 4.79 Å². The zero-order valence-electron chi connectivity index (χ0n) is 15.4. The van der Waals surface area contributed by atoms with Crippen LogP contribution >= 0.6 is 50.7 Å². The SMILES string of the molecule is CC(C)(C)c1ccc(C[C@@H](C(=O)OCC(Cl)(Cl)Cl)c2ccc(Br)cc2)cc1. The molecule has 0 radical (unpaired) electrons. The highest BCUT2D eigenvalue weighted by Gasteiger charge is 2.27. The Balaban J connectivity index is 2.24. The molecule has 146 valence electrons. The Kier molecular flexibility index (Phi) is 7.66. The highest BCUT2D eigenvalue weighted by molar-refractivity contribution is 9.10. The van der Waals surface area contributed by atoms with Crippen molar-refractivity contribution < 1.29 is 9.53 Å². The second kappa shape index (κ2) is 9.17. The van der Waals surface area contributed by atoms with Crippen LogP contribution in [-0.4, -0.2) is 16.4 Å². The second-order valence-corrected chi connectivity index (χ2v) is 10.9. The molecule has 27 heavy (non-hydrogen) atoms. The molecule has 0 unspecified atom stereocenters. The van der Waals surface area contributed by atoms with Crippen LogP contribution < -0.4 is 0 Å². The second-order valence-electron chi connectivity index (χ2n) is 7.48. The topological polar surface area (TPSA) is 26.3 Å². The van der Waals surface area contributed by atoms with E-state index in [4.69, 9.17) is 39.5 Å². The lowest BCUT2D eigenvalue weighted by molar-refractivity contribution is -0.145. The average molecular weight is 493 g/mol. The van der Waals surface area contributed by atoms with Gasteiger partial charge < -0.3 is 4.74 Å². The first-order chi connectivity index (χ1) is 12.5. The third kappa shape index (κ3) is 7.30. The Morgan fingerprint density at radius 3 is 2.04 bits per heavy atom. The number of alkyl halides is 3. The van der Waals surface area contributed by atoms with E-state index in [1.165, 1.54) is 5.56 Å². The molecular weight excluding hydrogens is 470 g/mol. The molecular formula is C21H22BrCl3O2. The molecule has 0 N–H and O–H groups in total. The lowest BCUT2D eigenvalue weighted by atomic mass is 9.85. The van der Waals surface area contributed by atoms with Crippen molar-refractivity contribution in [2.75, 3.05) is 6.61 Å². The Morgan fingerprint density at radius 1 is 1.00 bits per heavy atom. The fourth-order valence-corrected chi connectivity index (χ4v) is 3.09. The summed E-state index contributed by atoms with van der Waals surface area (Å²) in [5, 5.41) is 0. The van der Waals surface area contributed by atoms with E-state index in [1.807, 2.05) is 24.3 Å². The zero-order valence-corrected chi connectivity index (χ0v) is 19.3. The van der Waals surface area contributed by atoms with Gasteiger partial charge in [0.25, 0.3) is 0 Å². The predicted molar refractivity (Wildman–Crippen MR) is 117 cm³/mol. The van der Waals surface area contributed by atoms with Crippen LogP contribution in [0.25, 0.3) is 0 Å². The number of hydrogen-bond acceptors (Lipinski definition) is 2. The third-order valence-electron chi connectivity index (χ3n) is 4.19. The van der Waals surface area contributed by atoms with Crippen molar-refractivity contribution in [1.82, 2.24) is 0 Å². The number of hydrogen-bond donors (Lipinski definition) is 0. The van der Waals surface area contributed by atoms with Crippen LogP contribution in [0.5, 0.6) is 0 Å². The molecule has 2 aromatic rings. The molecule has 1 atom stereocenters. The minimum atomic E-state index is -1.63. The van der Waals surface area contributed by atoms with E-state index < -0.39 is 15.7 Å². The molecule has 0 amide bonds. The van der Waals surface area contributed by atoms with Crippen LogP contribution in [0.4, 0.5) is 0 Å². The molecule has 0 bridgehead atoms. The summed E-state index contributed by atoms with van der Waals surface area (Å²) in [5.74, 6) is -0.894. The van der Waals surface area contributed by atoms with Gasteiger partial charge in [-0.2, -0.15) is 0 Å². The largest absolute Gasteiger partial charge is 0.461 e. The summed E-state index contributed by atoms with van der Waals surface area (Å²) >= 11 is 20.6. The Bertz CT molecular complexity index is 760. The van der Waals surface area contributed by atoms with Crippen molar-refractivity contribution in [1.29, 1.82) is 0 Å². The van der Waals surface area contributed by atoms with Crippen molar-refractivity contribution in [3.8, 4) is 0 Å². The maximum Gasteiger partial charge on any atom is 0.313 e. The van der Waals surface area contributed by atoms with Gasteiger partial charge in [0.15, 0.2) is 0 Å². The first kappa shape index (κ1) is 22.5. The molecule has 0 aromatic heterocycles. The summed E-state index contributed by atoms with van der Waals surface area (Å²) < 4.78 is 4.57. The number of ether oxygens (including phenoxy) is 1. The maximum absolute atomic E-state index is 12.7. The smallest absolute Gasteiger partial charge is 0.313 e. The first-order valence-corrected chi connectivity index (χ1v) is 10.5. The summed E-state index contributed by atoms with van der Waals surface area (Å²) in [6, 6.07) is 15.9. The number of benzene rings is 2. The van der Waals surface area contributed by atoms with Crippen LogP contribution in [0.1, 0.15) is 43.4 Å². The average Bonchev–Trinajstić information content (AvgIpc) is 2.57. The fourth-order valence-electron chi connectivity index (χ4n) is 2.66. The quantitative estimate of drug-likeness (QED) is 0.332. The van der Waals surface area contributed by atoms with Gasteiger partial charge in [-0.15, -0.1) is 0 Å². The van der Waals surface area contributed by atoms with Gasteiger partial charge in [0, 0.05) is 4.47 Å². The third-order valence-corrected chi connectivity index (χ3v) is 5.05. The first-order valence-electron chi connectivity index (χ1n) is 8.54. The summed E-state index contributed by atoms with van der Waals surface area (Å²) in [7, 11) is 0. The standard InChI is InChI=1S/C21H22BrCl3O2/c1-20(2,3)16-8-4-14(5-9-16)12-18(15-6-10-17(22)11-7-15)19(26)27-13-21(23,24)25/h4-11,18H,12-13H2,1-3H3/t18-/m1/s1. The van der Waals surface area contributed by atoms with E-state index in [1.54, 1.807) is 0 Å². The summed E-state index contributed by atoms with van der Waals surface area (Å²) in [4.78, 5) is 12.7. The van der Waals surface area contributed by atoms with Crippen LogP contribution in [0.2, 0.25) is 0 Å². The molecule has 0 heterocycles. The molecule has 6 heteroatoms. The minimum Gasteiger partial charge on any atom is -0.461 e. The summed E-state index contributed by atoms with van der Waals surface area (Å²) in [6.45, 7) is 6.22. The molecule has 0 saturated carbocycles. The van der Waals surface area contributed by atoms with Crippen LogP contribution in [0.3, 0.4) is 0 Å². The highest BCUT2D eigenvalue weighted by atomic mass is 79.9. The Morgan fingerprint density at radius 2 is 1.56 bits per heavy atom. The lowest BCUT2D eigenvalue weighted by Gasteiger charge is -2.21. The molecule has 0 fully saturated rings. The van der Waals surface area contributed by atoms with Crippen molar-refractivity contribution in [2.45, 2.75) is 42.3 Å². The number of esters is 1. The molecule has 0 saturated heterocycles. The minimum absolute atomic E-state index is 0.0763. The molecule has 2 rings (SSSR count). The van der Waals surface area contributed by atoms with Crippen LogP contribution in [0, 0.1) is 0 Å². The molecule has 0 aliphatic rings. The zero-order chi connectivity index (χ0) is 20.2.